The van der Waals surface area contributed by atoms with Crippen LogP contribution in [-0.2, 0) is 0 Å². The highest BCUT2D eigenvalue weighted by Crippen LogP contribution is 2.32. The van der Waals surface area contributed by atoms with Gasteiger partial charge in [0.2, 0.25) is 0 Å². The number of thiophene rings is 1. The number of carbonyl (C=O) groups is 1. The number of benzene rings is 1. The van der Waals surface area contributed by atoms with Crippen LogP contribution in [0.15, 0.2) is 36.4 Å². The Hall–Kier alpha value is -1.77. The molecule has 0 bridgehead atoms. The van der Waals surface area contributed by atoms with Gasteiger partial charge in [0.05, 0.1) is 4.88 Å². The van der Waals surface area contributed by atoms with Gasteiger partial charge in [-0.2, -0.15) is 0 Å². The van der Waals surface area contributed by atoms with Crippen LogP contribution in [0.3, 0.4) is 0 Å². The molecule has 1 aromatic carbocycles. The topological polar surface area (TPSA) is 55.6 Å². The molecule has 1 aromatic heterocycles. The number of halogens is 4. The lowest BCUT2D eigenvalue weighted by Crippen LogP contribution is -2.44. The molecule has 2 unspecified atom stereocenters. The van der Waals surface area contributed by atoms with Crippen molar-refractivity contribution in [3.8, 4) is 16.2 Å². The molecule has 1 amide bonds. The van der Waals surface area contributed by atoms with E-state index in [0.717, 1.165) is 29.8 Å². The van der Waals surface area contributed by atoms with Gasteiger partial charge in [-0.25, -0.2) is 0 Å². The van der Waals surface area contributed by atoms with E-state index < -0.39 is 6.36 Å². The lowest BCUT2D eigenvalue weighted by Gasteiger charge is -2.34. The van der Waals surface area contributed by atoms with Gasteiger partial charge in [-0.3, -0.25) is 4.79 Å². The lowest BCUT2D eigenvalue weighted by molar-refractivity contribution is -0.274. The summed E-state index contributed by atoms with van der Waals surface area (Å²) in [5.74, 6) is 0.0197. The first-order valence-electron chi connectivity index (χ1n) is 8.74. The lowest BCUT2D eigenvalue weighted by atomic mass is 9.92. The second-order valence-electron chi connectivity index (χ2n) is 6.75. The minimum atomic E-state index is -4.71. The Kier molecular flexibility index (Phi) is 7.36. The summed E-state index contributed by atoms with van der Waals surface area (Å²) in [5.41, 5.74) is 6.72. The molecule has 3 rings (SSSR count). The molecule has 0 aliphatic carbocycles. The number of nitrogens with two attached hydrogens (primary N) is 1. The average molecular weight is 435 g/mol. The van der Waals surface area contributed by atoms with Crippen molar-refractivity contribution in [1.29, 1.82) is 0 Å². The second kappa shape index (κ2) is 9.15. The number of nitrogens with zero attached hydrogens (tertiary/aromatic N) is 1. The summed E-state index contributed by atoms with van der Waals surface area (Å²) >= 11 is 1.33. The van der Waals surface area contributed by atoms with Crippen molar-refractivity contribution < 1.29 is 22.7 Å². The molecule has 2 atom stereocenters. The summed E-state index contributed by atoms with van der Waals surface area (Å²) in [6, 6.07) is 9.26. The maximum atomic E-state index is 12.8. The Balaban J connectivity index is 0.00000280. The Bertz CT molecular complexity index is 793. The van der Waals surface area contributed by atoms with Crippen LogP contribution >= 0.6 is 23.7 Å². The van der Waals surface area contributed by atoms with Crippen LogP contribution in [0.2, 0.25) is 0 Å². The highest BCUT2D eigenvalue weighted by atomic mass is 35.5. The number of amides is 1. The maximum absolute atomic E-state index is 12.8. The number of ether oxygens (including phenoxy) is 1. The van der Waals surface area contributed by atoms with Gasteiger partial charge >= 0.3 is 6.36 Å². The summed E-state index contributed by atoms with van der Waals surface area (Å²) in [4.78, 5) is 16.0. The van der Waals surface area contributed by atoms with E-state index in [1.807, 2.05) is 17.9 Å². The Morgan fingerprint density at radius 1 is 1.25 bits per heavy atom. The van der Waals surface area contributed by atoms with E-state index in [1.165, 1.54) is 23.5 Å². The predicted octanol–water partition coefficient (Wildman–Crippen LogP) is 4.93. The van der Waals surface area contributed by atoms with Crippen LogP contribution in [0.25, 0.3) is 10.4 Å². The summed E-state index contributed by atoms with van der Waals surface area (Å²) < 4.78 is 40.6. The molecule has 0 saturated carbocycles. The van der Waals surface area contributed by atoms with Crippen molar-refractivity contribution in [2.75, 3.05) is 13.1 Å². The van der Waals surface area contributed by atoms with Gasteiger partial charge < -0.3 is 15.4 Å². The van der Waals surface area contributed by atoms with Crippen molar-refractivity contribution in [1.82, 2.24) is 4.90 Å². The van der Waals surface area contributed by atoms with Crippen LogP contribution in [0.1, 0.15) is 29.4 Å². The molecule has 2 N–H and O–H groups in total. The molecule has 9 heteroatoms. The maximum Gasteiger partial charge on any atom is 0.573 e. The van der Waals surface area contributed by atoms with Crippen molar-refractivity contribution in [2.24, 2.45) is 11.7 Å². The third kappa shape index (κ3) is 5.62. The molecule has 1 fully saturated rings. The minimum absolute atomic E-state index is 0. The summed E-state index contributed by atoms with van der Waals surface area (Å²) in [7, 11) is 0. The Morgan fingerprint density at radius 2 is 1.93 bits per heavy atom. The van der Waals surface area contributed by atoms with Crippen LogP contribution in [0, 0.1) is 5.92 Å². The largest absolute Gasteiger partial charge is 0.573 e. The first kappa shape index (κ1) is 22.5. The number of hydrogen-bond acceptors (Lipinski definition) is 4. The molecule has 1 aliphatic rings. The SMILES string of the molecule is CC(N)C1CCCN(C(=O)c2ccc(-c3ccc(OC(F)(F)F)cc3)s2)C1.Cl. The zero-order valence-corrected chi connectivity index (χ0v) is 16.9. The highest BCUT2D eigenvalue weighted by molar-refractivity contribution is 7.17. The van der Waals surface area contributed by atoms with Gasteiger partial charge in [0.1, 0.15) is 5.75 Å². The molecule has 1 saturated heterocycles. The van der Waals surface area contributed by atoms with Crippen molar-refractivity contribution in [2.45, 2.75) is 32.2 Å². The van der Waals surface area contributed by atoms with Gasteiger partial charge in [-0.1, -0.05) is 0 Å². The standard InChI is InChI=1S/C19H21F3N2O2S.ClH/c1-12(23)14-3-2-10-24(11-14)18(25)17-9-8-16(27-17)13-4-6-15(7-5-13)26-19(20,21)22;/h4-9,12,14H,2-3,10-11,23H2,1H3;1H. The molecular weight excluding hydrogens is 413 g/mol. The van der Waals surface area contributed by atoms with Gasteiger partial charge in [0, 0.05) is 24.0 Å². The molecule has 1 aliphatic heterocycles. The Morgan fingerprint density at radius 3 is 2.54 bits per heavy atom. The van der Waals surface area contributed by atoms with Gasteiger partial charge in [0.15, 0.2) is 0 Å². The molecule has 28 heavy (non-hydrogen) atoms. The van der Waals surface area contributed by atoms with E-state index in [-0.39, 0.29) is 30.1 Å². The molecule has 0 spiro atoms. The normalized spacial score (nSPS) is 18.3. The average Bonchev–Trinajstić information content (AvgIpc) is 3.10. The van der Waals surface area contributed by atoms with E-state index in [1.54, 1.807) is 18.2 Å². The van der Waals surface area contributed by atoms with E-state index in [0.29, 0.717) is 17.3 Å². The van der Waals surface area contributed by atoms with Gasteiger partial charge in [-0.15, -0.1) is 36.9 Å². The number of hydrogen-bond donors (Lipinski definition) is 1. The van der Waals surface area contributed by atoms with Crippen LogP contribution in [-0.4, -0.2) is 36.3 Å². The van der Waals surface area contributed by atoms with E-state index in [4.69, 9.17) is 5.73 Å². The quantitative estimate of drug-likeness (QED) is 0.741. The van der Waals surface area contributed by atoms with E-state index >= 15 is 0 Å². The van der Waals surface area contributed by atoms with Crippen LogP contribution in [0.4, 0.5) is 13.2 Å². The third-order valence-electron chi connectivity index (χ3n) is 4.68. The monoisotopic (exact) mass is 434 g/mol. The number of alkyl halides is 3. The summed E-state index contributed by atoms with van der Waals surface area (Å²) in [6.45, 7) is 3.35. The predicted molar refractivity (Wildman–Crippen MR) is 106 cm³/mol. The third-order valence-corrected chi connectivity index (χ3v) is 5.80. The van der Waals surface area contributed by atoms with E-state index in [2.05, 4.69) is 4.74 Å². The molecule has 154 valence electrons. The van der Waals surface area contributed by atoms with Crippen LogP contribution < -0.4 is 10.5 Å². The first-order chi connectivity index (χ1) is 12.7. The zero-order valence-electron chi connectivity index (χ0n) is 15.2. The minimum Gasteiger partial charge on any atom is -0.406 e. The molecule has 4 nitrogen and oxygen atoms in total. The van der Waals surface area contributed by atoms with Crippen molar-refractivity contribution >= 4 is 29.7 Å². The number of likely N-dealkylation sites (tertiary alicyclic amines) is 1. The number of piperidine rings is 1. The van der Waals surface area contributed by atoms with Crippen molar-refractivity contribution in [3.05, 3.63) is 41.3 Å². The van der Waals surface area contributed by atoms with Gasteiger partial charge in [-0.05, 0) is 67.6 Å². The second-order valence-corrected chi connectivity index (χ2v) is 7.83. The number of rotatable bonds is 4. The molecule has 2 aromatic rings. The fourth-order valence-corrected chi connectivity index (χ4v) is 4.19. The van der Waals surface area contributed by atoms with Gasteiger partial charge in [0.25, 0.3) is 5.91 Å². The molecule has 2 heterocycles. The zero-order chi connectivity index (χ0) is 19.6. The summed E-state index contributed by atoms with van der Waals surface area (Å²) in [6.07, 6.45) is -2.74. The fraction of sp³-hybridized carbons (Fsp3) is 0.421. The fourth-order valence-electron chi connectivity index (χ4n) is 3.21. The number of carbonyl (C=O) groups excluding carboxylic acids is 1. The Labute approximate surface area is 171 Å². The van der Waals surface area contributed by atoms with Crippen LogP contribution in [0.5, 0.6) is 5.75 Å². The first-order valence-corrected chi connectivity index (χ1v) is 9.55. The van der Waals surface area contributed by atoms with Crippen molar-refractivity contribution in [3.63, 3.8) is 0 Å². The molecular formula is C19H22ClF3N2O2S. The van der Waals surface area contributed by atoms with E-state index in [9.17, 15) is 18.0 Å². The molecule has 0 radical (unpaired) electrons. The summed E-state index contributed by atoms with van der Waals surface area (Å²) in [5, 5.41) is 0. The smallest absolute Gasteiger partial charge is 0.406 e. The highest BCUT2D eigenvalue weighted by Gasteiger charge is 2.31.